The lowest BCUT2D eigenvalue weighted by Crippen LogP contribution is -2.08. The quantitative estimate of drug-likeness (QED) is 0.352. The van der Waals surface area contributed by atoms with E-state index in [-0.39, 0.29) is 6.04 Å². The van der Waals surface area contributed by atoms with Crippen molar-refractivity contribution in [2.24, 2.45) is 0 Å². The molecule has 0 saturated heterocycles. The van der Waals surface area contributed by atoms with Crippen LogP contribution >= 0.6 is 0 Å². The molecule has 5 rings (SSSR count). The van der Waals surface area contributed by atoms with Gasteiger partial charge in [0.15, 0.2) is 5.65 Å². The van der Waals surface area contributed by atoms with Gasteiger partial charge < -0.3 is 14.6 Å². The first-order chi connectivity index (χ1) is 15.7. The summed E-state index contributed by atoms with van der Waals surface area (Å²) >= 11 is 0. The highest BCUT2D eigenvalue weighted by Crippen LogP contribution is 2.36. The number of benzene rings is 3. The van der Waals surface area contributed by atoms with E-state index in [1.807, 2.05) is 36.4 Å². The van der Waals surface area contributed by atoms with Crippen molar-refractivity contribution < 1.29 is 4.74 Å². The van der Waals surface area contributed by atoms with Gasteiger partial charge in [-0.25, -0.2) is 9.97 Å². The van der Waals surface area contributed by atoms with E-state index in [0.29, 0.717) is 0 Å². The van der Waals surface area contributed by atoms with Crippen LogP contribution in [0, 0.1) is 0 Å². The van der Waals surface area contributed by atoms with E-state index in [9.17, 15) is 0 Å². The molecular formula is C27H24N4O. The van der Waals surface area contributed by atoms with Gasteiger partial charge in [0.05, 0.1) is 12.5 Å². The van der Waals surface area contributed by atoms with Crippen molar-refractivity contribution in [2.45, 2.75) is 13.0 Å². The van der Waals surface area contributed by atoms with Gasteiger partial charge in [-0.2, -0.15) is 0 Å². The average molecular weight is 421 g/mol. The lowest BCUT2D eigenvalue weighted by atomic mass is 10.1. The van der Waals surface area contributed by atoms with Crippen LogP contribution in [0.5, 0.6) is 5.75 Å². The normalized spacial score (nSPS) is 11.9. The molecule has 158 valence electrons. The third-order valence-corrected chi connectivity index (χ3v) is 5.67. The number of nitrogens with one attached hydrogen (secondary N) is 1. The summed E-state index contributed by atoms with van der Waals surface area (Å²) in [5.41, 5.74) is 5.27. The maximum absolute atomic E-state index is 5.33. The summed E-state index contributed by atoms with van der Waals surface area (Å²) in [4.78, 5) is 9.30. The molecular weight excluding hydrogens is 396 g/mol. The zero-order valence-corrected chi connectivity index (χ0v) is 18.1. The molecule has 0 saturated carbocycles. The van der Waals surface area contributed by atoms with Crippen LogP contribution in [-0.2, 0) is 0 Å². The van der Waals surface area contributed by atoms with Crippen molar-refractivity contribution in [1.82, 2.24) is 14.5 Å². The Morgan fingerprint density at radius 3 is 2.22 bits per heavy atom. The molecule has 0 amide bonds. The van der Waals surface area contributed by atoms with Crippen molar-refractivity contribution in [2.75, 3.05) is 12.4 Å². The molecule has 0 radical (unpaired) electrons. The Morgan fingerprint density at radius 1 is 0.844 bits per heavy atom. The van der Waals surface area contributed by atoms with E-state index in [1.165, 1.54) is 5.56 Å². The Kier molecular flexibility index (Phi) is 5.30. The first-order valence-electron chi connectivity index (χ1n) is 10.6. The standard InChI is InChI=1S/C27H24N4O/c1-19(20-9-5-3-6-10-20)30-26-25-24(21-11-7-4-8-12-21)17-31(27(25)29-18-28-26)22-13-15-23(32-2)16-14-22/h3-19H,1-2H3,(H,28,29,30)/t19-/m1/s1. The summed E-state index contributed by atoms with van der Waals surface area (Å²) in [6.45, 7) is 2.14. The predicted molar refractivity (Wildman–Crippen MR) is 129 cm³/mol. The van der Waals surface area contributed by atoms with Crippen LogP contribution in [0.2, 0.25) is 0 Å². The molecule has 32 heavy (non-hydrogen) atoms. The van der Waals surface area contributed by atoms with Gasteiger partial charge in [0.1, 0.15) is 17.9 Å². The highest BCUT2D eigenvalue weighted by Gasteiger charge is 2.18. The van der Waals surface area contributed by atoms with Crippen LogP contribution in [0.3, 0.4) is 0 Å². The lowest BCUT2D eigenvalue weighted by Gasteiger charge is -2.16. The third kappa shape index (κ3) is 3.69. The molecule has 0 aliphatic rings. The third-order valence-electron chi connectivity index (χ3n) is 5.67. The minimum atomic E-state index is 0.0993. The van der Waals surface area contributed by atoms with Crippen LogP contribution < -0.4 is 10.1 Å². The number of anilines is 1. The van der Waals surface area contributed by atoms with Gasteiger partial charge in [0, 0.05) is 23.5 Å². The molecule has 2 heterocycles. The fourth-order valence-corrected chi connectivity index (χ4v) is 3.98. The van der Waals surface area contributed by atoms with Crippen LogP contribution in [0.4, 0.5) is 5.82 Å². The summed E-state index contributed by atoms with van der Waals surface area (Å²) in [7, 11) is 1.67. The van der Waals surface area contributed by atoms with Crippen molar-refractivity contribution in [3.05, 3.63) is 103 Å². The number of nitrogens with zero attached hydrogens (tertiary/aromatic N) is 3. The molecule has 0 aliphatic carbocycles. The molecule has 3 aromatic carbocycles. The summed E-state index contributed by atoms with van der Waals surface area (Å²) in [6, 6.07) is 28.8. The van der Waals surface area contributed by atoms with Crippen molar-refractivity contribution in [3.8, 4) is 22.6 Å². The summed E-state index contributed by atoms with van der Waals surface area (Å²) < 4.78 is 7.44. The SMILES string of the molecule is COc1ccc(-n2cc(-c3ccccc3)c3c(N[C@H](C)c4ccccc4)ncnc32)cc1. The highest BCUT2D eigenvalue weighted by molar-refractivity contribution is 6.02. The molecule has 0 aliphatic heterocycles. The number of hydrogen-bond donors (Lipinski definition) is 1. The summed E-state index contributed by atoms with van der Waals surface area (Å²) in [5, 5.41) is 4.61. The number of fused-ring (bicyclic) bond motifs is 1. The van der Waals surface area contributed by atoms with Crippen molar-refractivity contribution in [3.63, 3.8) is 0 Å². The molecule has 1 N–H and O–H groups in total. The van der Waals surface area contributed by atoms with Crippen molar-refractivity contribution in [1.29, 1.82) is 0 Å². The zero-order valence-electron chi connectivity index (χ0n) is 18.1. The predicted octanol–water partition coefficient (Wildman–Crippen LogP) is 6.27. The second kappa shape index (κ2) is 8.55. The number of aromatic nitrogens is 3. The van der Waals surface area contributed by atoms with Gasteiger partial charge in [0.25, 0.3) is 0 Å². The molecule has 1 atom stereocenters. The summed E-state index contributed by atoms with van der Waals surface area (Å²) in [5.74, 6) is 1.64. The first-order valence-corrected chi connectivity index (χ1v) is 10.6. The maximum atomic E-state index is 5.33. The minimum absolute atomic E-state index is 0.0993. The number of methoxy groups -OCH3 is 1. The van der Waals surface area contributed by atoms with E-state index in [1.54, 1.807) is 13.4 Å². The average Bonchev–Trinajstić information content (AvgIpc) is 3.26. The van der Waals surface area contributed by atoms with Crippen molar-refractivity contribution >= 4 is 16.9 Å². The van der Waals surface area contributed by atoms with Crippen LogP contribution in [-0.4, -0.2) is 21.6 Å². The molecule has 0 bridgehead atoms. The molecule has 0 spiro atoms. The largest absolute Gasteiger partial charge is 0.497 e. The number of rotatable bonds is 6. The lowest BCUT2D eigenvalue weighted by molar-refractivity contribution is 0.415. The fraction of sp³-hybridized carbons (Fsp3) is 0.111. The second-order valence-electron chi connectivity index (χ2n) is 7.67. The van der Waals surface area contributed by atoms with Gasteiger partial charge in [-0.15, -0.1) is 0 Å². The zero-order chi connectivity index (χ0) is 21.9. The van der Waals surface area contributed by atoms with E-state index < -0.39 is 0 Å². The smallest absolute Gasteiger partial charge is 0.150 e. The first kappa shape index (κ1) is 19.8. The number of hydrogen-bond acceptors (Lipinski definition) is 4. The Morgan fingerprint density at radius 2 is 1.53 bits per heavy atom. The molecule has 0 unspecified atom stereocenters. The van der Waals surface area contributed by atoms with E-state index in [2.05, 4.69) is 81.5 Å². The van der Waals surface area contributed by atoms with E-state index in [4.69, 9.17) is 4.74 Å². The van der Waals surface area contributed by atoms with E-state index in [0.717, 1.165) is 39.4 Å². The number of ether oxygens (including phenoxy) is 1. The summed E-state index contributed by atoms with van der Waals surface area (Å²) in [6.07, 6.45) is 3.76. The topological polar surface area (TPSA) is 52.0 Å². The Balaban J connectivity index is 1.67. The van der Waals surface area contributed by atoms with Gasteiger partial charge in [-0.3, -0.25) is 0 Å². The van der Waals surface area contributed by atoms with Crippen LogP contribution in [0.25, 0.3) is 27.8 Å². The molecule has 5 aromatic rings. The molecule has 2 aromatic heterocycles. The molecule has 5 nitrogen and oxygen atoms in total. The van der Waals surface area contributed by atoms with E-state index >= 15 is 0 Å². The van der Waals surface area contributed by atoms with Gasteiger partial charge >= 0.3 is 0 Å². The Bertz CT molecular complexity index is 1330. The molecule has 5 heteroatoms. The van der Waals surface area contributed by atoms with Crippen LogP contribution in [0.1, 0.15) is 18.5 Å². The monoisotopic (exact) mass is 420 g/mol. The van der Waals surface area contributed by atoms with Gasteiger partial charge in [0.2, 0.25) is 0 Å². The molecule has 0 fully saturated rings. The minimum Gasteiger partial charge on any atom is -0.497 e. The van der Waals surface area contributed by atoms with Crippen LogP contribution in [0.15, 0.2) is 97.5 Å². The van der Waals surface area contributed by atoms with Gasteiger partial charge in [-0.1, -0.05) is 60.7 Å². The van der Waals surface area contributed by atoms with Gasteiger partial charge in [-0.05, 0) is 42.3 Å². The maximum Gasteiger partial charge on any atom is 0.150 e. The Hall–Kier alpha value is -4.12. The second-order valence-corrected chi connectivity index (χ2v) is 7.67. The Labute approximate surface area is 187 Å². The highest BCUT2D eigenvalue weighted by atomic mass is 16.5. The fourth-order valence-electron chi connectivity index (χ4n) is 3.98.